The number of hydrogen-bond acceptors (Lipinski definition) is 4. The van der Waals surface area contributed by atoms with E-state index in [0.29, 0.717) is 18.6 Å². The topological polar surface area (TPSA) is 66.3 Å². The van der Waals surface area contributed by atoms with Crippen LogP contribution in [0, 0.1) is 24.1 Å². The van der Waals surface area contributed by atoms with E-state index in [-0.39, 0.29) is 17.8 Å². The van der Waals surface area contributed by atoms with E-state index in [1.54, 1.807) is 33.5 Å². The summed E-state index contributed by atoms with van der Waals surface area (Å²) in [7, 11) is 0. The molecule has 6 nitrogen and oxygen atoms in total. The van der Waals surface area contributed by atoms with Gasteiger partial charge in [-0.05, 0) is 44.2 Å². The van der Waals surface area contributed by atoms with Crippen molar-refractivity contribution in [2.45, 2.75) is 33.4 Å². The highest BCUT2D eigenvalue weighted by Gasteiger charge is 2.13. The predicted molar refractivity (Wildman–Crippen MR) is 97.5 cm³/mol. The minimum atomic E-state index is -0.272. The molecule has 0 spiro atoms. The number of aromatic nitrogens is 3. The van der Waals surface area contributed by atoms with E-state index in [4.69, 9.17) is 5.26 Å². The van der Waals surface area contributed by atoms with Gasteiger partial charge in [-0.3, -0.25) is 4.79 Å². The van der Waals surface area contributed by atoms with Crippen molar-refractivity contribution in [1.82, 2.24) is 14.2 Å². The molecule has 0 amide bonds. The molecule has 0 aliphatic heterocycles. The summed E-state index contributed by atoms with van der Waals surface area (Å²) < 4.78 is 16.3. The van der Waals surface area contributed by atoms with Gasteiger partial charge in [-0.25, -0.2) is 8.91 Å². The van der Waals surface area contributed by atoms with Gasteiger partial charge in [-0.15, -0.1) is 0 Å². The van der Waals surface area contributed by atoms with Crippen molar-refractivity contribution in [2.75, 3.05) is 11.4 Å². The van der Waals surface area contributed by atoms with Crippen LogP contribution in [0.5, 0.6) is 0 Å². The van der Waals surface area contributed by atoms with Crippen LogP contribution in [-0.2, 0) is 13.1 Å². The monoisotopic (exact) mass is 353 g/mol. The zero-order valence-electron chi connectivity index (χ0n) is 14.8. The second kappa shape index (κ2) is 7.40. The standard InChI is InChI=1S/C19H20FN5O/c1-3-23(17-7-5-15(20)6-8-17)13-16-11-18-19(26)24(10-4-9-21)12-14(2)25(18)22-16/h5-8,11-12H,3-4,10,13H2,1-2H3. The maximum Gasteiger partial charge on any atom is 0.276 e. The van der Waals surface area contributed by atoms with Crippen LogP contribution in [0.25, 0.3) is 5.52 Å². The molecule has 0 unspecified atom stereocenters. The van der Waals surface area contributed by atoms with Crippen molar-refractivity contribution < 1.29 is 4.39 Å². The van der Waals surface area contributed by atoms with Crippen molar-refractivity contribution in [3.8, 4) is 6.07 Å². The van der Waals surface area contributed by atoms with Crippen LogP contribution >= 0.6 is 0 Å². The van der Waals surface area contributed by atoms with Crippen molar-refractivity contribution in [3.05, 3.63) is 64.1 Å². The minimum Gasteiger partial charge on any atom is -0.366 e. The van der Waals surface area contributed by atoms with Gasteiger partial charge in [0.1, 0.15) is 11.3 Å². The van der Waals surface area contributed by atoms with Gasteiger partial charge in [-0.2, -0.15) is 10.4 Å². The number of hydrogen-bond donors (Lipinski definition) is 0. The molecule has 0 N–H and O–H groups in total. The van der Waals surface area contributed by atoms with E-state index < -0.39 is 0 Å². The van der Waals surface area contributed by atoms with E-state index in [1.807, 2.05) is 13.8 Å². The molecule has 2 aromatic heterocycles. The molecule has 134 valence electrons. The first-order valence-electron chi connectivity index (χ1n) is 8.49. The highest BCUT2D eigenvalue weighted by molar-refractivity contribution is 5.50. The fourth-order valence-electron chi connectivity index (χ4n) is 2.98. The van der Waals surface area contributed by atoms with Gasteiger partial charge in [0, 0.05) is 25.0 Å². The molecule has 3 rings (SSSR count). The molecule has 0 saturated heterocycles. The number of benzene rings is 1. The van der Waals surface area contributed by atoms with Crippen LogP contribution in [0.3, 0.4) is 0 Å². The zero-order chi connectivity index (χ0) is 18.7. The van der Waals surface area contributed by atoms with E-state index in [9.17, 15) is 9.18 Å². The molecule has 26 heavy (non-hydrogen) atoms. The normalized spacial score (nSPS) is 10.8. The lowest BCUT2D eigenvalue weighted by Crippen LogP contribution is -2.22. The Labute approximate surface area is 150 Å². The number of aryl methyl sites for hydroxylation is 2. The van der Waals surface area contributed by atoms with E-state index >= 15 is 0 Å². The molecule has 0 aliphatic rings. The number of halogens is 1. The molecule has 0 bridgehead atoms. The van der Waals surface area contributed by atoms with Crippen LogP contribution in [-0.4, -0.2) is 20.7 Å². The van der Waals surface area contributed by atoms with Gasteiger partial charge >= 0.3 is 0 Å². The molecular formula is C19H20FN5O. The Morgan fingerprint density at radius 3 is 2.69 bits per heavy atom. The fourth-order valence-corrected chi connectivity index (χ4v) is 2.98. The van der Waals surface area contributed by atoms with Crippen LogP contribution in [0.2, 0.25) is 0 Å². The number of anilines is 1. The second-order valence-electron chi connectivity index (χ2n) is 6.10. The molecule has 0 fully saturated rings. The average Bonchev–Trinajstić information content (AvgIpc) is 3.07. The summed E-state index contributed by atoms with van der Waals surface area (Å²) in [5.74, 6) is -0.272. The Morgan fingerprint density at radius 2 is 2.04 bits per heavy atom. The van der Waals surface area contributed by atoms with Gasteiger partial charge in [0.25, 0.3) is 5.56 Å². The molecule has 2 heterocycles. The summed E-state index contributed by atoms with van der Waals surface area (Å²) in [6.45, 7) is 5.50. The largest absolute Gasteiger partial charge is 0.366 e. The molecule has 0 aliphatic carbocycles. The Hall–Kier alpha value is -3.14. The lowest BCUT2D eigenvalue weighted by atomic mass is 10.2. The first-order chi connectivity index (χ1) is 12.5. The maximum atomic E-state index is 13.1. The summed E-state index contributed by atoms with van der Waals surface area (Å²) in [5, 5.41) is 13.3. The summed E-state index contributed by atoms with van der Waals surface area (Å²) in [4.78, 5) is 14.7. The molecule has 0 atom stereocenters. The van der Waals surface area contributed by atoms with Crippen LogP contribution in [0.15, 0.2) is 41.3 Å². The number of rotatable bonds is 6. The Balaban J connectivity index is 1.94. The third-order valence-corrected chi connectivity index (χ3v) is 4.31. The number of nitrogens with zero attached hydrogens (tertiary/aromatic N) is 5. The van der Waals surface area contributed by atoms with E-state index in [1.165, 1.54) is 12.1 Å². The van der Waals surface area contributed by atoms with Gasteiger partial charge < -0.3 is 9.47 Å². The van der Waals surface area contributed by atoms with Crippen molar-refractivity contribution in [3.63, 3.8) is 0 Å². The first-order valence-corrected chi connectivity index (χ1v) is 8.49. The van der Waals surface area contributed by atoms with Crippen LogP contribution in [0.4, 0.5) is 10.1 Å². The predicted octanol–water partition coefficient (Wildman–Crippen LogP) is 2.88. The highest BCUT2D eigenvalue weighted by Crippen LogP contribution is 2.18. The average molecular weight is 353 g/mol. The second-order valence-corrected chi connectivity index (χ2v) is 6.10. The third-order valence-electron chi connectivity index (χ3n) is 4.31. The Kier molecular flexibility index (Phi) is 5.03. The SMILES string of the molecule is CCN(Cc1cc2c(=O)n(CCC#N)cc(C)n2n1)c1ccc(F)cc1. The van der Waals surface area contributed by atoms with E-state index in [0.717, 1.165) is 23.6 Å². The van der Waals surface area contributed by atoms with Crippen LogP contribution < -0.4 is 10.5 Å². The molecule has 1 aromatic carbocycles. The van der Waals surface area contributed by atoms with Crippen molar-refractivity contribution >= 4 is 11.2 Å². The van der Waals surface area contributed by atoms with Gasteiger partial charge in [0.2, 0.25) is 0 Å². The highest BCUT2D eigenvalue weighted by atomic mass is 19.1. The molecule has 7 heteroatoms. The lowest BCUT2D eigenvalue weighted by Gasteiger charge is -2.21. The van der Waals surface area contributed by atoms with Gasteiger partial charge in [-0.1, -0.05) is 0 Å². The molecule has 0 radical (unpaired) electrons. The van der Waals surface area contributed by atoms with Crippen molar-refractivity contribution in [1.29, 1.82) is 5.26 Å². The van der Waals surface area contributed by atoms with E-state index in [2.05, 4.69) is 16.1 Å². The third kappa shape index (κ3) is 3.45. The Bertz CT molecular complexity index is 1010. The Morgan fingerprint density at radius 1 is 1.31 bits per heavy atom. The molecule has 3 aromatic rings. The summed E-state index contributed by atoms with van der Waals surface area (Å²) in [5.41, 5.74) is 2.82. The summed E-state index contributed by atoms with van der Waals surface area (Å²) in [6.07, 6.45) is 2.01. The summed E-state index contributed by atoms with van der Waals surface area (Å²) >= 11 is 0. The quantitative estimate of drug-likeness (QED) is 0.683. The molecule has 0 saturated carbocycles. The molecular weight excluding hydrogens is 333 g/mol. The van der Waals surface area contributed by atoms with Gasteiger partial charge in [0.05, 0.1) is 30.4 Å². The minimum absolute atomic E-state index is 0.158. The maximum absolute atomic E-state index is 13.1. The van der Waals surface area contributed by atoms with Crippen LogP contribution in [0.1, 0.15) is 24.7 Å². The summed E-state index contributed by atoms with van der Waals surface area (Å²) in [6, 6.07) is 10.2. The van der Waals surface area contributed by atoms with Crippen molar-refractivity contribution in [2.24, 2.45) is 0 Å². The first kappa shape index (κ1) is 17.7. The smallest absolute Gasteiger partial charge is 0.276 e. The number of fused-ring (bicyclic) bond motifs is 1. The van der Waals surface area contributed by atoms with Gasteiger partial charge in [0.15, 0.2) is 0 Å². The zero-order valence-corrected chi connectivity index (χ0v) is 14.8. The lowest BCUT2D eigenvalue weighted by molar-refractivity contribution is 0.627. The number of nitriles is 1. The fraction of sp³-hybridized carbons (Fsp3) is 0.316.